The smallest absolute Gasteiger partial charge is 0.342 e. The van der Waals surface area contributed by atoms with E-state index in [9.17, 15) is 4.79 Å². The van der Waals surface area contributed by atoms with Crippen LogP contribution in [0.1, 0.15) is 38.7 Å². The summed E-state index contributed by atoms with van der Waals surface area (Å²) < 4.78 is 11.4. The number of carbonyl (C=O) groups is 1. The standard InChI is InChI=1S/C15H18O3/c1-3-4-10-15(11-8-6-5-7-9-11)12-14(2,17-12)13(16)18-15/h5-9,12H,3-4,10H2,1-2H3/t12-,14+,15+/m0/s1. The molecular weight excluding hydrogens is 228 g/mol. The molecule has 0 spiro atoms. The van der Waals surface area contributed by atoms with Gasteiger partial charge in [-0.15, -0.1) is 0 Å². The average Bonchev–Trinajstić information content (AvgIpc) is 3.04. The van der Waals surface area contributed by atoms with Crippen molar-refractivity contribution in [1.82, 2.24) is 0 Å². The van der Waals surface area contributed by atoms with Crippen LogP contribution >= 0.6 is 0 Å². The summed E-state index contributed by atoms with van der Waals surface area (Å²) in [6, 6.07) is 9.98. The number of unbranched alkanes of at least 4 members (excludes halogenated alkanes) is 1. The molecule has 0 unspecified atom stereocenters. The Labute approximate surface area is 107 Å². The first-order valence-electron chi connectivity index (χ1n) is 6.60. The highest BCUT2D eigenvalue weighted by Gasteiger charge is 2.76. The van der Waals surface area contributed by atoms with Gasteiger partial charge in [0, 0.05) is 0 Å². The van der Waals surface area contributed by atoms with Crippen LogP contribution in [0.3, 0.4) is 0 Å². The molecule has 3 atom stereocenters. The molecule has 18 heavy (non-hydrogen) atoms. The Morgan fingerprint density at radius 2 is 2.00 bits per heavy atom. The van der Waals surface area contributed by atoms with E-state index in [0.717, 1.165) is 24.8 Å². The predicted octanol–water partition coefficient (Wildman–Crippen LogP) is 2.79. The van der Waals surface area contributed by atoms with Crippen molar-refractivity contribution in [3.05, 3.63) is 35.9 Å². The van der Waals surface area contributed by atoms with Gasteiger partial charge in [0.25, 0.3) is 0 Å². The van der Waals surface area contributed by atoms with Gasteiger partial charge in [0.2, 0.25) is 0 Å². The Morgan fingerprint density at radius 1 is 1.28 bits per heavy atom. The molecule has 1 aromatic rings. The minimum atomic E-state index is -0.705. The summed E-state index contributed by atoms with van der Waals surface area (Å²) in [5.41, 5.74) is -0.217. The topological polar surface area (TPSA) is 38.8 Å². The van der Waals surface area contributed by atoms with Crippen molar-refractivity contribution in [3.63, 3.8) is 0 Å². The minimum Gasteiger partial charge on any atom is -0.449 e. The number of epoxide rings is 1. The number of hydrogen-bond donors (Lipinski definition) is 0. The van der Waals surface area contributed by atoms with E-state index in [-0.39, 0.29) is 12.1 Å². The van der Waals surface area contributed by atoms with Gasteiger partial charge in [0.1, 0.15) is 6.10 Å². The fraction of sp³-hybridized carbons (Fsp3) is 0.533. The van der Waals surface area contributed by atoms with Crippen LogP contribution in [0.25, 0.3) is 0 Å². The third-order valence-corrected chi connectivity index (χ3v) is 4.07. The lowest BCUT2D eigenvalue weighted by molar-refractivity contribution is -0.166. The highest BCUT2D eigenvalue weighted by Crippen LogP contribution is 2.58. The average molecular weight is 246 g/mol. The van der Waals surface area contributed by atoms with E-state index in [1.165, 1.54) is 0 Å². The fourth-order valence-electron chi connectivity index (χ4n) is 2.92. The first-order chi connectivity index (χ1) is 8.63. The van der Waals surface area contributed by atoms with Gasteiger partial charge >= 0.3 is 5.97 Å². The Balaban J connectivity index is 1.99. The highest BCUT2D eigenvalue weighted by atomic mass is 16.7. The van der Waals surface area contributed by atoms with E-state index < -0.39 is 11.2 Å². The number of esters is 1. The summed E-state index contributed by atoms with van der Waals surface area (Å²) in [4.78, 5) is 11.9. The molecule has 0 aromatic heterocycles. The van der Waals surface area contributed by atoms with E-state index in [1.54, 1.807) is 0 Å². The molecule has 1 aromatic carbocycles. The molecule has 0 bridgehead atoms. The van der Waals surface area contributed by atoms with Gasteiger partial charge < -0.3 is 9.47 Å². The summed E-state index contributed by atoms with van der Waals surface area (Å²) in [6.45, 7) is 3.97. The zero-order chi connectivity index (χ0) is 12.8. The maximum absolute atomic E-state index is 11.9. The van der Waals surface area contributed by atoms with Gasteiger partial charge in [-0.3, -0.25) is 0 Å². The van der Waals surface area contributed by atoms with Crippen LogP contribution in [0.4, 0.5) is 0 Å². The first kappa shape index (κ1) is 11.7. The van der Waals surface area contributed by atoms with Gasteiger partial charge in [-0.2, -0.15) is 0 Å². The van der Waals surface area contributed by atoms with Crippen LogP contribution in [-0.2, 0) is 19.9 Å². The molecule has 0 aliphatic carbocycles. The third-order valence-electron chi connectivity index (χ3n) is 4.07. The van der Waals surface area contributed by atoms with Gasteiger partial charge in [-0.1, -0.05) is 43.7 Å². The van der Waals surface area contributed by atoms with Crippen LogP contribution in [0.15, 0.2) is 30.3 Å². The molecule has 0 N–H and O–H groups in total. The first-order valence-corrected chi connectivity index (χ1v) is 6.60. The molecule has 2 saturated heterocycles. The molecule has 2 fully saturated rings. The Bertz CT molecular complexity index is 470. The molecule has 2 aliphatic rings. The van der Waals surface area contributed by atoms with E-state index in [4.69, 9.17) is 9.47 Å². The lowest BCUT2D eigenvalue weighted by Crippen LogP contribution is -2.33. The normalized spacial score (nSPS) is 37.2. The SMILES string of the molecule is CCCC[C@]1(c2ccccc2)OC(=O)[C@]2(C)O[C@@H]21. The second-order valence-corrected chi connectivity index (χ2v) is 5.35. The van der Waals surface area contributed by atoms with Gasteiger partial charge in [-0.05, 0) is 25.3 Å². The van der Waals surface area contributed by atoms with E-state index in [2.05, 4.69) is 6.92 Å². The van der Waals surface area contributed by atoms with Crippen molar-refractivity contribution in [2.45, 2.75) is 50.4 Å². The highest BCUT2D eigenvalue weighted by molar-refractivity contribution is 5.87. The van der Waals surface area contributed by atoms with E-state index in [1.807, 2.05) is 37.3 Å². The lowest BCUT2D eigenvalue weighted by Gasteiger charge is -2.29. The number of carbonyl (C=O) groups excluding carboxylic acids is 1. The van der Waals surface area contributed by atoms with Crippen molar-refractivity contribution in [2.75, 3.05) is 0 Å². The second-order valence-electron chi connectivity index (χ2n) is 5.35. The Kier molecular flexibility index (Phi) is 2.49. The summed E-state index contributed by atoms with van der Waals surface area (Å²) >= 11 is 0. The zero-order valence-electron chi connectivity index (χ0n) is 10.8. The van der Waals surface area contributed by atoms with Crippen molar-refractivity contribution < 1.29 is 14.3 Å². The van der Waals surface area contributed by atoms with Gasteiger partial charge in [0.05, 0.1) is 0 Å². The van der Waals surface area contributed by atoms with E-state index >= 15 is 0 Å². The van der Waals surface area contributed by atoms with Gasteiger partial charge in [0.15, 0.2) is 11.2 Å². The molecule has 3 heteroatoms. The molecule has 0 saturated carbocycles. The molecule has 2 aliphatic heterocycles. The lowest BCUT2D eigenvalue weighted by atomic mass is 9.83. The number of fused-ring (bicyclic) bond motifs is 1. The number of benzene rings is 1. The minimum absolute atomic E-state index is 0.119. The van der Waals surface area contributed by atoms with Crippen LogP contribution in [0, 0.1) is 0 Å². The van der Waals surface area contributed by atoms with Crippen molar-refractivity contribution in [2.24, 2.45) is 0 Å². The molecule has 0 radical (unpaired) electrons. The molecular formula is C15H18O3. The van der Waals surface area contributed by atoms with Crippen LogP contribution in [-0.4, -0.2) is 17.7 Å². The summed E-state index contributed by atoms with van der Waals surface area (Å²) in [6.07, 6.45) is 2.82. The number of rotatable bonds is 4. The van der Waals surface area contributed by atoms with Crippen molar-refractivity contribution in [3.8, 4) is 0 Å². The third kappa shape index (κ3) is 1.43. The van der Waals surface area contributed by atoms with Crippen LogP contribution in [0.2, 0.25) is 0 Å². The monoisotopic (exact) mass is 246 g/mol. The summed E-state index contributed by atoms with van der Waals surface area (Å²) in [5, 5.41) is 0. The van der Waals surface area contributed by atoms with Crippen molar-refractivity contribution >= 4 is 5.97 Å². The summed E-state index contributed by atoms with van der Waals surface area (Å²) in [7, 11) is 0. The van der Waals surface area contributed by atoms with Crippen LogP contribution < -0.4 is 0 Å². The molecule has 2 heterocycles. The maximum atomic E-state index is 11.9. The molecule has 0 amide bonds. The number of cyclic esters (lactones) is 1. The number of ether oxygens (including phenoxy) is 2. The van der Waals surface area contributed by atoms with Crippen LogP contribution in [0.5, 0.6) is 0 Å². The second kappa shape index (κ2) is 3.82. The largest absolute Gasteiger partial charge is 0.449 e. The summed E-state index contributed by atoms with van der Waals surface area (Å²) in [5.74, 6) is -0.215. The van der Waals surface area contributed by atoms with Crippen molar-refractivity contribution in [1.29, 1.82) is 0 Å². The molecule has 3 nitrogen and oxygen atoms in total. The fourth-order valence-corrected chi connectivity index (χ4v) is 2.92. The molecule has 3 rings (SSSR count). The quantitative estimate of drug-likeness (QED) is 0.605. The predicted molar refractivity (Wildman–Crippen MR) is 67.0 cm³/mol. The maximum Gasteiger partial charge on any atom is 0.342 e. The zero-order valence-corrected chi connectivity index (χ0v) is 10.8. The molecule has 96 valence electrons. The van der Waals surface area contributed by atoms with E-state index in [0.29, 0.717) is 0 Å². The number of hydrogen-bond acceptors (Lipinski definition) is 3. The Morgan fingerprint density at radius 3 is 2.50 bits per heavy atom. The Hall–Kier alpha value is -1.35. The van der Waals surface area contributed by atoms with Gasteiger partial charge in [-0.25, -0.2) is 4.79 Å².